The summed E-state index contributed by atoms with van der Waals surface area (Å²) in [5.74, 6) is 0.218. The Kier molecular flexibility index (Phi) is 3.22. The van der Waals surface area contributed by atoms with Crippen LogP contribution >= 0.6 is 0 Å². The van der Waals surface area contributed by atoms with Gasteiger partial charge in [-0.15, -0.1) is 0 Å². The van der Waals surface area contributed by atoms with Crippen molar-refractivity contribution in [3.63, 3.8) is 0 Å². The van der Waals surface area contributed by atoms with Crippen LogP contribution in [-0.4, -0.2) is 47.0 Å². The number of aromatic amines is 2. The lowest BCUT2D eigenvalue weighted by Gasteiger charge is -2.36. The number of amides is 1. The summed E-state index contributed by atoms with van der Waals surface area (Å²) in [6, 6.07) is 5.89. The van der Waals surface area contributed by atoms with Crippen molar-refractivity contribution in [2.45, 2.75) is 13.3 Å². The van der Waals surface area contributed by atoms with Crippen molar-refractivity contribution in [1.29, 1.82) is 0 Å². The standard InChI is InChI=1S/C14H18N4O2/c1-2-13(19)18-7-5-17(6-8-18)10-3-4-11-12(9-10)16-14(20)15-11/h3-4,9H,2,5-8H2,1H3,(H2,15,16,20). The first-order valence-electron chi connectivity index (χ1n) is 6.92. The van der Waals surface area contributed by atoms with Crippen LogP contribution in [0.4, 0.5) is 5.69 Å². The Hall–Kier alpha value is -2.24. The predicted molar refractivity (Wildman–Crippen MR) is 78.0 cm³/mol. The molecule has 2 aromatic rings. The maximum atomic E-state index is 11.7. The van der Waals surface area contributed by atoms with Gasteiger partial charge in [-0.05, 0) is 18.2 Å². The molecule has 0 radical (unpaired) electrons. The summed E-state index contributed by atoms with van der Waals surface area (Å²) in [4.78, 5) is 32.6. The largest absolute Gasteiger partial charge is 0.368 e. The van der Waals surface area contributed by atoms with Crippen LogP contribution in [0.2, 0.25) is 0 Å². The number of hydrogen-bond acceptors (Lipinski definition) is 3. The molecule has 0 atom stereocenters. The third-order valence-electron chi connectivity index (χ3n) is 3.80. The minimum absolute atomic E-state index is 0.185. The van der Waals surface area contributed by atoms with Crippen molar-refractivity contribution in [2.24, 2.45) is 0 Å². The first-order valence-corrected chi connectivity index (χ1v) is 6.92. The van der Waals surface area contributed by atoms with E-state index in [0.717, 1.165) is 42.9 Å². The van der Waals surface area contributed by atoms with Gasteiger partial charge in [0.25, 0.3) is 0 Å². The van der Waals surface area contributed by atoms with Crippen molar-refractivity contribution >= 4 is 22.6 Å². The second-order valence-corrected chi connectivity index (χ2v) is 5.03. The third-order valence-corrected chi connectivity index (χ3v) is 3.80. The summed E-state index contributed by atoms with van der Waals surface area (Å²) in [6.45, 7) is 5.06. The van der Waals surface area contributed by atoms with Crippen LogP contribution in [0.25, 0.3) is 11.0 Å². The molecule has 1 aromatic carbocycles. The first-order chi connectivity index (χ1) is 9.67. The van der Waals surface area contributed by atoms with E-state index in [4.69, 9.17) is 0 Å². The van der Waals surface area contributed by atoms with Crippen LogP contribution in [0.3, 0.4) is 0 Å². The molecule has 0 spiro atoms. The van der Waals surface area contributed by atoms with Gasteiger partial charge in [-0.25, -0.2) is 4.79 Å². The Morgan fingerprint density at radius 3 is 2.55 bits per heavy atom. The van der Waals surface area contributed by atoms with Crippen molar-refractivity contribution in [2.75, 3.05) is 31.1 Å². The van der Waals surface area contributed by atoms with Gasteiger partial charge in [0.05, 0.1) is 11.0 Å². The number of aromatic nitrogens is 2. The molecule has 2 heterocycles. The van der Waals surface area contributed by atoms with Crippen LogP contribution in [0.1, 0.15) is 13.3 Å². The molecule has 0 unspecified atom stereocenters. The fourth-order valence-electron chi connectivity index (χ4n) is 2.65. The van der Waals surface area contributed by atoms with Gasteiger partial charge in [0, 0.05) is 38.3 Å². The molecule has 6 heteroatoms. The number of hydrogen-bond donors (Lipinski definition) is 2. The number of piperazine rings is 1. The SMILES string of the molecule is CCC(=O)N1CCN(c2ccc3[nH]c(=O)[nH]c3c2)CC1. The van der Waals surface area contributed by atoms with E-state index in [1.807, 2.05) is 30.0 Å². The Balaban J connectivity index is 1.76. The smallest absolute Gasteiger partial charge is 0.323 e. The van der Waals surface area contributed by atoms with Crippen LogP contribution in [0, 0.1) is 0 Å². The molecule has 0 aliphatic carbocycles. The molecular weight excluding hydrogens is 256 g/mol. The van der Waals surface area contributed by atoms with Crippen molar-refractivity contribution in [1.82, 2.24) is 14.9 Å². The lowest BCUT2D eigenvalue weighted by atomic mass is 10.2. The van der Waals surface area contributed by atoms with E-state index in [2.05, 4.69) is 14.9 Å². The van der Waals surface area contributed by atoms with Crippen molar-refractivity contribution in [3.05, 3.63) is 28.7 Å². The zero-order valence-electron chi connectivity index (χ0n) is 11.5. The van der Waals surface area contributed by atoms with Gasteiger partial charge in [-0.1, -0.05) is 6.92 Å². The summed E-state index contributed by atoms with van der Waals surface area (Å²) in [7, 11) is 0. The number of carbonyl (C=O) groups excluding carboxylic acids is 1. The zero-order chi connectivity index (χ0) is 14.1. The minimum atomic E-state index is -0.185. The molecular formula is C14H18N4O2. The van der Waals surface area contributed by atoms with Gasteiger partial charge in [-0.2, -0.15) is 0 Å². The summed E-state index contributed by atoms with van der Waals surface area (Å²) in [5.41, 5.74) is 2.53. The van der Waals surface area contributed by atoms with E-state index >= 15 is 0 Å². The van der Waals surface area contributed by atoms with Crippen molar-refractivity contribution < 1.29 is 4.79 Å². The molecule has 6 nitrogen and oxygen atoms in total. The number of nitrogens with one attached hydrogen (secondary N) is 2. The van der Waals surface area contributed by atoms with Gasteiger partial charge >= 0.3 is 5.69 Å². The van der Waals surface area contributed by atoms with Crippen LogP contribution in [-0.2, 0) is 4.79 Å². The third kappa shape index (κ3) is 2.29. The minimum Gasteiger partial charge on any atom is -0.368 e. The molecule has 1 fully saturated rings. The van der Waals surface area contributed by atoms with Crippen LogP contribution in [0.5, 0.6) is 0 Å². The molecule has 1 amide bonds. The maximum Gasteiger partial charge on any atom is 0.323 e. The quantitative estimate of drug-likeness (QED) is 0.855. The lowest BCUT2D eigenvalue weighted by Crippen LogP contribution is -2.48. The Bertz CT molecular complexity index is 680. The van der Waals surface area contributed by atoms with Gasteiger partial charge in [0.1, 0.15) is 0 Å². The molecule has 0 saturated carbocycles. The zero-order valence-corrected chi connectivity index (χ0v) is 11.5. The highest BCUT2D eigenvalue weighted by Crippen LogP contribution is 2.20. The normalized spacial score (nSPS) is 15.8. The van der Waals surface area contributed by atoms with Gasteiger partial charge in [0.15, 0.2) is 0 Å². The summed E-state index contributed by atoms with van der Waals surface area (Å²) >= 11 is 0. The highest BCUT2D eigenvalue weighted by molar-refractivity contribution is 5.79. The van der Waals surface area contributed by atoms with E-state index in [9.17, 15) is 9.59 Å². The summed E-state index contributed by atoms with van der Waals surface area (Å²) < 4.78 is 0. The number of benzene rings is 1. The molecule has 106 valence electrons. The second kappa shape index (κ2) is 5.03. The average molecular weight is 274 g/mol. The molecule has 1 aliphatic rings. The van der Waals surface area contributed by atoms with Crippen LogP contribution < -0.4 is 10.6 Å². The first kappa shape index (κ1) is 12.8. The fourth-order valence-corrected chi connectivity index (χ4v) is 2.65. The number of H-pyrrole nitrogens is 2. The van der Waals surface area contributed by atoms with Gasteiger partial charge < -0.3 is 19.8 Å². The molecule has 20 heavy (non-hydrogen) atoms. The second-order valence-electron chi connectivity index (χ2n) is 5.03. The number of anilines is 1. The number of rotatable bonds is 2. The Morgan fingerprint density at radius 2 is 1.85 bits per heavy atom. The molecule has 0 bridgehead atoms. The summed E-state index contributed by atoms with van der Waals surface area (Å²) in [6.07, 6.45) is 0.566. The van der Waals surface area contributed by atoms with E-state index in [1.54, 1.807) is 0 Å². The fraction of sp³-hybridized carbons (Fsp3) is 0.429. The average Bonchev–Trinajstić information content (AvgIpc) is 2.85. The number of nitrogens with zero attached hydrogens (tertiary/aromatic N) is 2. The predicted octanol–water partition coefficient (Wildman–Crippen LogP) is 0.915. The molecule has 3 rings (SSSR count). The highest BCUT2D eigenvalue weighted by Gasteiger charge is 2.20. The van der Waals surface area contributed by atoms with Crippen LogP contribution in [0.15, 0.2) is 23.0 Å². The molecule has 2 N–H and O–H groups in total. The van der Waals surface area contributed by atoms with E-state index in [-0.39, 0.29) is 11.6 Å². The van der Waals surface area contributed by atoms with E-state index in [0.29, 0.717) is 6.42 Å². The lowest BCUT2D eigenvalue weighted by molar-refractivity contribution is -0.131. The number of carbonyl (C=O) groups is 1. The van der Waals surface area contributed by atoms with Gasteiger partial charge in [0.2, 0.25) is 5.91 Å². The van der Waals surface area contributed by atoms with Crippen molar-refractivity contribution in [3.8, 4) is 0 Å². The number of imidazole rings is 1. The maximum absolute atomic E-state index is 11.7. The Labute approximate surface area is 116 Å². The summed E-state index contributed by atoms with van der Waals surface area (Å²) in [5, 5.41) is 0. The highest BCUT2D eigenvalue weighted by atomic mass is 16.2. The molecule has 1 aliphatic heterocycles. The monoisotopic (exact) mass is 274 g/mol. The molecule has 1 aromatic heterocycles. The molecule has 1 saturated heterocycles. The Morgan fingerprint density at radius 1 is 1.15 bits per heavy atom. The van der Waals surface area contributed by atoms with E-state index < -0.39 is 0 Å². The van der Waals surface area contributed by atoms with Gasteiger partial charge in [-0.3, -0.25) is 4.79 Å². The topological polar surface area (TPSA) is 72.2 Å². The number of fused-ring (bicyclic) bond motifs is 1. The van der Waals surface area contributed by atoms with E-state index in [1.165, 1.54) is 0 Å².